The van der Waals surface area contributed by atoms with Crippen molar-refractivity contribution in [2.24, 2.45) is 30.6 Å². The minimum absolute atomic E-state index is 0.0285. The Hall–Kier alpha value is -2.17. The first-order chi connectivity index (χ1) is 16.8. The summed E-state index contributed by atoms with van der Waals surface area (Å²) >= 11 is 1.45. The van der Waals surface area contributed by atoms with E-state index in [0.29, 0.717) is 16.2 Å². The van der Waals surface area contributed by atoms with Crippen LogP contribution in [0.2, 0.25) is 0 Å². The molecule has 1 aliphatic heterocycles. The number of anilines is 1. The minimum Gasteiger partial charge on any atom is -0.342 e. The number of rotatable bonds is 6. The third-order valence-corrected chi connectivity index (χ3v) is 10.3. The lowest BCUT2D eigenvalue weighted by Crippen LogP contribution is -2.44. The van der Waals surface area contributed by atoms with E-state index in [0.717, 1.165) is 54.2 Å². The zero-order valence-corrected chi connectivity index (χ0v) is 22.3. The number of fused-ring (bicyclic) bond motifs is 1. The Morgan fingerprint density at radius 2 is 1.97 bits per heavy atom. The van der Waals surface area contributed by atoms with Crippen molar-refractivity contribution >= 4 is 39.7 Å². The van der Waals surface area contributed by atoms with Crippen LogP contribution < -0.4 is 15.6 Å². The Labute approximate surface area is 212 Å². The van der Waals surface area contributed by atoms with Crippen LogP contribution in [0.3, 0.4) is 0 Å². The van der Waals surface area contributed by atoms with Crippen molar-refractivity contribution in [1.82, 2.24) is 19.1 Å². The molecule has 4 heterocycles. The fourth-order valence-electron chi connectivity index (χ4n) is 6.11. The summed E-state index contributed by atoms with van der Waals surface area (Å²) in [5.74, 6) is 1.32. The molecule has 2 unspecified atom stereocenters. The predicted octanol–water partition coefficient (Wildman–Crippen LogP) is 3.61. The molecule has 0 amide bonds. The molecule has 0 aromatic carbocycles. The van der Waals surface area contributed by atoms with E-state index in [2.05, 4.69) is 9.88 Å². The maximum absolute atomic E-state index is 13.3. The number of hydrogen-bond acceptors (Lipinski definition) is 6. The van der Waals surface area contributed by atoms with Crippen molar-refractivity contribution in [2.45, 2.75) is 60.5 Å². The summed E-state index contributed by atoms with van der Waals surface area (Å²) in [4.78, 5) is 26.3. The monoisotopic (exact) mass is 514 g/mol. The predicted molar refractivity (Wildman–Crippen MR) is 142 cm³/mol. The van der Waals surface area contributed by atoms with Crippen LogP contribution in [0.15, 0.2) is 45.3 Å². The lowest BCUT2D eigenvalue weighted by molar-refractivity contribution is 0.141. The molecule has 8 nitrogen and oxygen atoms in total. The SMILES string of the molecule is CC(C[C@H]1CCCC12CCN(c1ncc(Sc3ccnc4c3ccn4C)c(=O)n1C)CC2)S(N)=O. The molecule has 1 saturated carbocycles. The van der Waals surface area contributed by atoms with Crippen LogP contribution in [-0.2, 0) is 25.1 Å². The molecule has 10 heteroatoms. The molecule has 1 spiro atoms. The van der Waals surface area contributed by atoms with Crippen LogP contribution in [0, 0.1) is 11.3 Å². The third-order valence-electron chi connectivity index (χ3n) is 8.21. The van der Waals surface area contributed by atoms with E-state index in [1.165, 1.54) is 31.0 Å². The van der Waals surface area contributed by atoms with E-state index >= 15 is 0 Å². The molecule has 188 valence electrons. The number of nitrogens with two attached hydrogens (primary N) is 1. The second-order valence-corrected chi connectivity index (χ2v) is 12.7. The van der Waals surface area contributed by atoms with Gasteiger partial charge in [0, 0.05) is 55.1 Å². The Bertz CT molecular complexity index is 1310. The van der Waals surface area contributed by atoms with E-state index in [9.17, 15) is 9.00 Å². The molecule has 2 fully saturated rings. The molecule has 3 aromatic heterocycles. The summed E-state index contributed by atoms with van der Waals surface area (Å²) in [5.41, 5.74) is 1.18. The lowest BCUT2D eigenvalue weighted by atomic mass is 9.69. The van der Waals surface area contributed by atoms with Gasteiger partial charge in [-0.25, -0.2) is 14.2 Å². The maximum atomic E-state index is 13.3. The summed E-state index contributed by atoms with van der Waals surface area (Å²) in [7, 11) is 2.53. The zero-order chi connectivity index (χ0) is 24.7. The van der Waals surface area contributed by atoms with Gasteiger partial charge >= 0.3 is 0 Å². The number of hydrogen-bond donors (Lipinski definition) is 1. The van der Waals surface area contributed by atoms with E-state index < -0.39 is 11.0 Å². The highest BCUT2D eigenvalue weighted by Crippen LogP contribution is 2.52. The van der Waals surface area contributed by atoms with Gasteiger partial charge in [0.1, 0.15) is 5.65 Å². The summed E-state index contributed by atoms with van der Waals surface area (Å²) in [6.07, 6.45) is 12.3. The first-order valence-corrected chi connectivity index (χ1v) is 14.4. The number of piperidine rings is 1. The molecule has 1 saturated heterocycles. The highest BCUT2D eigenvalue weighted by Gasteiger charge is 2.45. The number of pyridine rings is 1. The van der Waals surface area contributed by atoms with Gasteiger partial charge in [-0.15, -0.1) is 0 Å². The van der Waals surface area contributed by atoms with Gasteiger partial charge in [-0.05, 0) is 62.5 Å². The Kier molecular flexibility index (Phi) is 6.80. The van der Waals surface area contributed by atoms with Crippen LogP contribution in [-0.4, -0.2) is 41.7 Å². The van der Waals surface area contributed by atoms with Gasteiger partial charge in [0.25, 0.3) is 5.56 Å². The lowest BCUT2D eigenvalue weighted by Gasteiger charge is -2.44. The third kappa shape index (κ3) is 4.56. The Morgan fingerprint density at radius 1 is 1.20 bits per heavy atom. The van der Waals surface area contributed by atoms with E-state index in [4.69, 9.17) is 10.1 Å². The van der Waals surface area contributed by atoms with Crippen LogP contribution in [0.4, 0.5) is 5.95 Å². The smallest absolute Gasteiger partial charge is 0.268 e. The quantitative estimate of drug-likeness (QED) is 0.540. The highest BCUT2D eigenvalue weighted by molar-refractivity contribution is 7.99. The van der Waals surface area contributed by atoms with Crippen molar-refractivity contribution in [2.75, 3.05) is 18.0 Å². The average molecular weight is 515 g/mol. The molecule has 5 rings (SSSR count). The second-order valence-electron chi connectivity index (χ2n) is 10.2. The molecule has 3 atom stereocenters. The van der Waals surface area contributed by atoms with Crippen molar-refractivity contribution in [3.63, 3.8) is 0 Å². The van der Waals surface area contributed by atoms with Crippen LogP contribution in [0.25, 0.3) is 11.0 Å². The molecule has 0 bridgehead atoms. The molecule has 2 aliphatic rings. The number of aromatic nitrogens is 4. The maximum Gasteiger partial charge on any atom is 0.268 e. The molecule has 3 aromatic rings. The Morgan fingerprint density at radius 3 is 2.71 bits per heavy atom. The summed E-state index contributed by atoms with van der Waals surface area (Å²) in [5, 5.41) is 6.74. The van der Waals surface area contributed by atoms with Crippen molar-refractivity contribution in [3.05, 3.63) is 41.1 Å². The number of aryl methyl sites for hydroxylation is 1. The van der Waals surface area contributed by atoms with Gasteiger partial charge in [0.05, 0.1) is 22.1 Å². The first-order valence-electron chi connectivity index (χ1n) is 12.3. The van der Waals surface area contributed by atoms with Gasteiger partial charge in [0.15, 0.2) is 0 Å². The van der Waals surface area contributed by atoms with E-state index in [1.807, 2.05) is 43.9 Å². The fourth-order valence-corrected chi connectivity index (χ4v) is 7.50. The summed E-state index contributed by atoms with van der Waals surface area (Å²) in [6.45, 7) is 3.78. The second kappa shape index (κ2) is 9.71. The Balaban J connectivity index is 1.32. The zero-order valence-electron chi connectivity index (χ0n) is 20.6. The molecular weight excluding hydrogens is 480 g/mol. The summed E-state index contributed by atoms with van der Waals surface area (Å²) in [6, 6.07) is 3.98. The van der Waals surface area contributed by atoms with Crippen LogP contribution in [0.1, 0.15) is 45.4 Å². The largest absolute Gasteiger partial charge is 0.342 e. The van der Waals surface area contributed by atoms with Crippen molar-refractivity contribution < 1.29 is 4.21 Å². The van der Waals surface area contributed by atoms with Gasteiger partial charge in [-0.3, -0.25) is 14.5 Å². The summed E-state index contributed by atoms with van der Waals surface area (Å²) < 4.78 is 15.4. The van der Waals surface area contributed by atoms with Gasteiger partial charge in [-0.1, -0.05) is 18.2 Å². The van der Waals surface area contributed by atoms with Gasteiger partial charge in [-0.2, -0.15) is 0 Å². The van der Waals surface area contributed by atoms with E-state index in [1.54, 1.807) is 17.0 Å². The minimum atomic E-state index is -1.26. The molecule has 0 radical (unpaired) electrons. The topological polar surface area (TPSA) is 99.0 Å². The highest BCUT2D eigenvalue weighted by atomic mass is 32.2. The molecule has 1 aliphatic carbocycles. The standard InChI is InChI=1S/C25H34N6O2S2/c1-17(35(26)33)15-18-5-4-8-25(18)9-13-31(14-10-25)24-28-16-21(23(32)30(24)3)34-20-6-11-27-22-19(20)7-12-29(22)2/h6-7,11-12,16-18H,4-5,8-10,13-15,26H2,1-3H3/t17?,18-,35?/m1/s1. The molecular formula is C25H34N6O2S2. The normalized spacial score (nSPS) is 21.6. The number of nitrogens with zero attached hydrogens (tertiary/aromatic N) is 5. The van der Waals surface area contributed by atoms with Crippen molar-refractivity contribution in [3.8, 4) is 0 Å². The fraction of sp³-hybridized carbons (Fsp3) is 0.560. The average Bonchev–Trinajstić information content (AvgIpc) is 3.42. The first kappa shape index (κ1) is 24.5. The van der Waals surface area contributed by atoms with Gasteiger partial charge in [0.2, 0.25) is 5.95 Å². The van der Waals surface area contributed by atoms with Crippen molar-refractivity contribution in [1.29, 1.82) is 0 Å². The van der Waals surface area contributed by atoms with E-state index in [-0.39, 0.29) is 10.8 Å². The van der Waals surface area contributed by atoms with Crippen LogP contribution >= 0.6 is 11.8 Å². The van der Waals surface area contributed by atoms with Crippen LogP contribution in [0.5, 0.6) is 0 Å². The molecule has 35 heavy (non-hydrogen) atoms. The molecule has 2 N–H and O–H groups in total. The van der Waals surface area contributed by atoms with Gasteiger partial charge < -0.3 is 9.47 Å².